The largest absolute Gasteiger partial charge is 0.481 e. The first-order valence-corrected chi connectivity index (χ1v) is 18.0. The molecule has 1 unspecified atom stereocenters. The molecule has 0 radical (unpaired) electrons. The highest BCUT2D eigenvalue weighted by atomic mass is 35.5. The van der Waals surface area contributed by atoms with Crippen molar-refractivity contribution >= 4 is 40.2 Å². The van der Waals surface area contributed by atoms with Gasteiger partial charge in [0.15, 0.2) is 5.65 Å². The molecule has 14 nitrogen and oxygen atoms in total. The molecule has 2 aromatic carbocycles. The number of aliphatic hydroxyl groups is 1. The predicted molar refractivity (Wildman–Crippen MR) is 204 cm³/mol. The predicted octanol–water partition coefficient (Wildman–Crippen LogP) is 3.69. The van der Waals surface area contributed by atoms with Crippen molar-refractivity contribution in [2.75, 3.05) is 45.2 Å². The number of aryl methyl sites for hydroxylation is 2. The van der Waals surface area contributed by atoms with Gasteiger partial charge in [-0.2, -0.15) is 0 Å². The quantitative estimate of drug-likeness (QED) is 0.193. The lowest BCUT2D eigenvalue weighted by Crippen LogP contribution is -2.45. The van der Waals surface area contributed by atoms with Crippen molar-refractivity contribution in [3.05, 3.63) is 91.3 Å². The Morgan fingerprint density at radius 3 is 2.57 bits per heavy atom. The number of halogens is 1. The molecule has 5 aromatic rings. The van der Waals surface area contributed by atoms with Crippen molar-refractivity contribution in [1.29, 1.82) is 0 Å². The molecule has 3 aliphatic rings. The number of benzene rings is 2. The Balaban J connectivity index is 0.000000281. The Morgan fingerprint density at radius 1 is 1.04 bits per heavy atom. The normalized spacial score (nSPS) is 17.5. The van der Waals surface area contributed by atoms with Crippen LogP contribution < -0.4 is 31.9 Å². The van der Waals surface area contributed by atoms with E-state index in [4.69, 9.17) is 26.4 Å². The maximum Gasteiger partial charge on any atom is 0.332 e. The van der Waals surface area contributed by atoms with E-state index < -0.39 is 11.2 Å². The maximum atomic E-state index is 13.0. The minimum atomic E-state index is -0.469. The highest BCUT2D eigenvalue weighted by Crippen LogP contribution is 2.41. The van der Waals surface area contributed by atoms with Crippen molar-refractivity contribution in [2.24, 2.45) is 14.1 Å². The molecule has 2 amide bonds. The number of nitrogens with zero attached hydrogens (tertiary/aromatic N) is 6. The average molecular weight is 740 g/mol. The number of hydrogen-bond acceptors (Lipinski definition) is 10. The summed E-state index contributed by atoms with van der Waals surface area (Å²) in [6.07, 6.45) is 5.39. The van der Waals surface area contributed by atoms with Crippen LogP contribution in [0.15, 0.2) is 58.4 Å². The van der Waals surface area contributed by atoms with E-state index in [1.165, 1.54) is 29.1 Å². The van der Waals surface area contributed by atoms with E-state index >= 15 is 0 Å². The van der Waals surface area contributed by atoms with Crippen molar-refractivity contribution in [2.45, 2.75) is 38.1 Å². The number of fused-ring (bicyclic) bond motifs is 2. The number of hydrogen-bond donors (Lipinski definition) is 4. The van der Waals surface area contributed by atoms with Crippen LogP contribution in [-0.4, -0.2) is 85.6 Å². The molecule has 1 aliphatic carbocycles. The van der Waals surface area contributed by atoms with Gasteiger partial charge in [-0.25, -0.2) is 24.5 Å². The Morgan fingerprint density at radius 2 is 1.81 bits per heavy atom. The number of methoxy groups -OCH3 is 1. The van der Waals surface area contributed by atoms with E-state index in [0.29, 0.717) is 23.3 Å². The van der Waals surface area contributed by atoms with Crippen molar-refractivity contribution < 1.29 is 14.6 Å². The summed E-state index contributed by atoms with van der Waals surface area (Å²) in [5.41, 5.74) is 6.75. The molecule has 0 bridgehead atoms. The van der Waals surface area contributed by atoms with Gasteiger partial charge in [-0.15, -0.1) is 0 Å². The smallest absolute Gasteiger partial charge is 0.332 e. The number of amides is 2. The van der Waals surface area contributed by atoms with E-state index in [-0.39, 0.29) is 29.2 Å². The van der Waals surface area contributed by atoms with Crippen LogP contribution in [0.1, 0.15) is 29.5 Å². The number of rotatable bonds is 7. The first kappa shape index (κ1) is 36.1. The lowest BCUT2D eigenvalue weighted by Gasteiger charge is -2.20. The lowest BCUT2D eigenvalue weighted by molar-refractivity contribution is 0.195. The second kappa shape index (κ2) is 14.6. The fourth-order valence-corrected chi connectivity index (χ4v) is 7.87. The molecule has 4 N–H and O–H groups in total. The minimum absolute atomic E-state index is 0.0386. The number of aliphatic hydroxyl groups excluding tert-OH is 1. The molecule has 1 spiro atoms. The molecule has 8 rings (SSSR count). The molecule has 15 heteroatoms. The molecular weight excluding hydrogens is 698 g/mol. The number of ether oxygens (including phenoxy) is 1. The van der Waals surface area contributed by atoms with Crippen LogP contribution in [0.4, 0.5) is 16.3 Å². The Kier molecular flexibility index (Phi) is 9.94. The SMILES string of the molecule is COc1nc(-c2cccc(-c3cccc(Nc4ncnc5c4c(=O)n(C)c(=O)n5C)c3C)c2Cl)cc2c1CCC2.O=C1NC2(CCNC2)CN1CCO. The molecular formula is C38H42ClN9O5. The standard InChI is InChI=1S/C30H27ClN6O3.C8H15N3O2/c1-16-18(20-11-6-12-21(25(20)31)23-14-17-8-5-10-19(17)28(35-23)40-4)9-7-13-22(16)34-26-24-27(33-15-32-26)36(2)30(39)37(3)29(24)38;12-4-3-11-6-8(10-7(11)13)1-2-9-5-8/h6-7,9,11-15H,5,8,10H2,1-4H3,(H,32,33,34);9,12H,1-6H2,(H,10,13). The summed E-state index contributed by atoms with van der Waals surface area (Å²) in [6, 6.07) is 13.8. The van der Waals surface area contributed by atoms with Crippen LogP contribution in [0, 0.1) is 6.92 Å². The maximum absolute atomic E-state index is 13.0. The zero-order valence-electron chi connectivity index (χ0n) is 30.1. The number of anilines is 2. The summed E-state index contributed by atoms with van der Waals surface area (Å²) in [4.78, 5) is 51.8. The third-order valence-corrected chi connectivity index (χ3v) is 10.8. The molecule has 53 heavy (non-hydrogen) atoms. The zero-order chi connectivity index (χ0) is 37.4. The van der Waals surface area contributed by atoms with E-state index in [0.717, 1.165) is 83.5 Å². The molecule has 0 saturated carbocycles. The van der Waals surface area contributed by atoms with E-state index in [9.17, 15) is 14.4 Å². The Labute approximate surface area is 310 Å². The van der Waals surface area contributed by atoms with Gasteiger partial charge in [-0.3, -0.25) is 13.9 Å². The number of nitrogens with one attached hydrogen (secondary N) is 3. The highest BCUT2D eigenvalue weighted by Gasteiger charge is 2.43. The molecule has 2 aliphatic heterocycles. The number of aromatic nitrogens is 5. The third-order valence-electron chi connectivity index (χ3n) is 10.4. The van der Waals surface area contributed by atoms with Gasteiger partial charge in [0.25, 0.3) is 5.56 Å². The summed E-state index contributed by atoms with van der Waals surface area (Å²) < 4.78 is 7.99. The third kappa shape index (κ3) is 6.62. The van der Waals surface area contributed by atoms with E-state index in [1.807, 2.05) is 43.3 Å². The first-order chi connectivity index (χ1) is 25.6. The van der Waals surface area contributed by atoms with Gasteiger partial charge in [-0.05, 0) is 68.0 Å². The van der Waals surface area contributed by atoms with Crippen molar-refractivity contribution in [3.8, 4) is 28.3 Å². The summed E-state index contributed by atoms with van der Waals surface area (Å²) in [7, 11) is 4.67. The zero-order valence-corrected chi connectivity index (χ0v) is 30.9. The lowest BCUT2D eigenvalue weighted by atomic mass is 9.96. The average Bonchev–Trinajstić information content (AvgIpc) is 3.91. The summed E-state index contributed by atoms with van der Waals surface area (Å²) in [5, 5.41) is 19.1. The van der Waals surface area contributed by atoms with Crippen LogP contribution in [0.2, 0.25) is 5.02 Å². The van der Waals surface area contributed by atoms with Gasteiger partial charge < -0.3 is 30.7 Å². The van der Waals surface area contributed by atoms with Gasteiger partial charge in [0.05, 0.1) is 30.0 Å². The van der Waals surface area contributed by atoms with Crippen LogP contribution >= 0.6 is 11.6 Å². The molecule has 5 heterocycles. The van der Waals surface area contributed by atoms with E-state index in [2.05, 4.69) is 32.0 Å². The number of carbonyl (C=O) groups excluding carboxylic acids is 1. The van der Waals surface area contributed by atoms with Gasteiger partial charge in [0.1, 0.15) is 17.5 Å². The molecule has 3 aromatic heterocycles. The molecule has 276 valence electrons. The number of urea groups is 1. The van der Waals surface area contributed by atoms with Crippen molar-refractivity contribution in [1.82, 2.24) is 39.6 Å². The van der Waals surface area contributed by atoms with Crippen molar-refractivity contribution in [3.63, 3.8) is 0 Å². The number of carbonyl (C=O) groups is 1. The molecule has 2 saturated heterocycles. The fourth-order valence-electron chi connectivity index (χ4n) is 7.54. The fraction of sp³-hybridized carbons (Fsp3) is 0.368. The number of β-amino-alcohol motifs (C(OH)–C–C–N with tert-alkyl or cyclic N) is 1. The van der Waals surface area contributed by atoms with Crippen LogP contribution in [0.5, 0.6) is 5.88 Å². The van der Waals surface area contributed by atoms with Gasteiger partial charge in [0.2, 0.25) is 5.88 Å². The minimum Gasteiger partial charge on any atom is -0.481 e. The molecule has 2 fully saturated rings. The second-order valence-corrected chi connectivity index (χ2v) is 14.1. The van der Waals surface area contributed by atoms with Gasteiger partial charge in [0, 0.05) is 56.1 Å². The summed E-state index contributed by atoms with van der Waals surface area (Å²) in [5.74, 6) is 0.977. The van der Waals surface area contributed by atoms with Gasteiger partial charge >= 0.3 is 11.7 Å². The van der Waals surface area contributed by atoms with E-state index in [1.54, 1.807) is 19.1 Å². The van der Waals surface area contributed by atoms with Crippen LogP contribution in [-0.2, 0) is 26.9 Å². The highest BCUT2D eigenvalue weighted by molar-refractivity contribution is 6.36. The Hall–Kier alpha value is -5.31. The van der Waals surface area contributed by atoms with Crippen LogP contribution in [0.25, 0.3) is 33.4 Å². The topological polar surface area (TPSA) is 169 Å². The van der Waals surface area contributed by atoms with Crippen LogP contribution in [0.3, 0.4) is 0 Å². The Bertz CT molecular complexity index is 2350. The second-order valence-electron chi connectivity index (χ2n) is 13.7. The summed E-state index contributed by atoms with van der Waals surface area (Å²) in [6.45, 7) is 4.99. The first-order valence-electron chi connectivity index (χ1n) is 17.6. The summed E-state index contributed by atoms with van der Waals surface area (Å²) >= 11 is 7.06. The van der Waals surface area contributed by atoms with Gasteiger partial charge in [-0.1, -0.05) is 41.9 Å². The molecule has 1 atom stereocenters. The number of pyridine rings is 1. The monoisotopic (exact) mass is 739 g/mol.